The van der Waals surface area contributed by atoms with Crippen LogP contribution in [0.3, 0.4) is 0 Å². The van der Waals surface area contributed by atoms with Crippen molar-refractivity contribution in [1.29, 1.82) is 0 Å². The number of ether oxygens (including phenoxy) is 10. The van der Waals surface area contributed by atoms with E-state index in [0.717, 1.165) is 34.6 Å². The van der Waals surface area contributed by atoms with Crippen molar-refractivity contribution in [3.8, 4) is 0 Å². The van der Waals surface area contributed by atoms with Crippen LogP contribution in [0.5, 0.6) is 0 Å². The molecule has 1 aromatic carbocycles. The summed E-state index contributed by atoms with van der Waals surface area (Å²) in [7, 11) is 0. The van der Waals surface area contributed by atoms with Crippen molar-refractivity contribution in [2.24, 2.45) is 0 Å². The average molecular weight is 641 g/mol. The molecule has 1 N–H and O–H groups in total. The van der Waals surface area contributed by atoms with Crippen molar-refractivity contribution in [2.75, 3.05) is 13.2 Å². The van der Waals surface area contributed by atoms with Crippen LogP contribution in [-0.2, 0) is 71.3 Å². The van der Waals surface area contributed by atoms with Gasteiger partial charge in [-0.05, 0) is 0 Å². The fourth-order valence-corrected chi connectivity index (χ4v) is 5.32. The van der Waals surface area contributed by atoms with Crippen molar-refractivity contribution in [3.05, 3.63) is 35.9 Å². The third-order valence-corrected chi connectivity index (χ3v) is 6.91. The van der Waals surface area contributed by atoms with E-state index >= 15 is 0 Å². The predicted octanol–water partition coefficient (Wildman–Crippen LogP) is 0.218. The molecule has 0 aromatic heterocycles. The minimum Gasteiger partial charge on any atom is -0.455 e. The minimum absolute atomic E-state index is 0.0722. The molecule has 3 saturated heterocycles. The van der Waals surface area contributed by atoms with Gasteiger partial charge in [-0.25, -0.2) is 0 Å². The molecule has 3 fully saturated rings. The minimum atomic E-state index is -1.60. The number of benzene rings is 1. The molecule has 11 unspecified atom stereocenters. The van der Waals surface area contributed by atoms with E-state index in [-0.39, 0.29) is 6.61 Å². The van der Waals surface area contributed by atoms with Crippen LogP contribution in [0.4, 0.5) is 0 Å². The maximum absolute atomic E-state index is 12.3. The highest BCUT2D eigenvalue weighted by Gasteiger charge is 2.58. The summed E-state index contributed by atoms with van der Waals surface area (Å²) in [5.74, 6) is -4.02. The van der Waals surface area contributed by atoms with Gasteiger partial charge in [0.1, 0.15) is 24.4 Å². The Hall–Kier alpha value is -3.67. The molecule has 0 spiro atoms. The molecule has 1 aromatic rings. The number of aliphatic hydroxyl groups excluding tert-OH is 1. The van der Waals surface area contributed by atoms with Crippen LogP contribution in [-0.4, -0.2) is 110 Å². The summed E-state index contributed by atoms with van der Waals surface area (Å²) in [5, 5.41) is 10.2. The first-order valence-corrected chi connectivity index (χ1v) is 14.1. The van der Waals surface area contributed by atoms with Crippen molar-refractivity contribution >= 4 is 29.8 Å². The average Bonchev–Trinajstić information content (AvgIpc) is 2.96. The highest BCUT2D eigenvalue weighted by molar-refractivity contribution is 5.69. The number of hydrogen-bond donors (Lipinski definition) is 1. The Morgan fingerprint density at radius 1 is 0.667 bits per heavy atom. The standard InChI is InChI=1S/C29H36O16/c1-13(31)37-23-21(19(11-30)42-28(41-17(5)35)25(23)39-15(3)33)45-29-26(40-16(4)34)24(38-14(2)32)22-20(43-29)12-36-27(44-22)18-9-7-6-8-10-18/h6-10,19-30H,11-12H2,1-5H3. The third kappa shape index (κ3) is 8.53. The molecule has 0 aliphatic carbocycles. The number of hydrogen-bond acceptors (Lipinski definition) is 16. The van der Waals surface area contributed by atoms with Crippen LogP contribution < -0.4 is 0 Å². The molecule has 16 nitrogen and oxygen atoms in total. The SMILES string of the molecule is CC(=O)OC1OC(CO)C(OC2OC3COC(c4ccccc4)OC3C(OC(C)=O)C2OC(C)=O)C(OC(C)=O)C1OC(C)=O. The van der Waals surface area contributed by atoms with Gasteiger partial charge in [0.2, 0.25) is 12.4 Å². The summed E-state index contributed by atoms with van der Waals surface area (Å²) in [5.41, 5.74) is 0.674. The van der Waals surface area contributed by atoms with Gasteiger partial charge in [-0.3, -0.25) is 24.0 Å². The van der Waals surface area contributed by atoms with Gasteiger partial charge in [-0.15, -0.1) is 0 Å². The van der Waals surface area contributed by atoms with Gasteiger partial charge >= 0.3 is 29.8 Å². The summed E-state index contributed by atoms with van der Waals surface area (Å²) >= 11 is 0. The van der Waals surface area contributed by atoms with Crippen LogP contribution in [0.15, 0.2) is 30.3 Å². The smallest absolute Gasteiger partial charge is 0.305 e. The van der Waals surface area contributed by atoms with Crippen LogP contribution in [0, 0.1) is 0 Å². The van der Waals surface area contributed by atoms with E-state index in [2.05, 4.69) is 0 Å². The number of carbonyl (C=O) groups excluding carboxylic acids is 5. The maximum atomic E-state index is 12.3. The number of rotatable bonds is 9. The zero-order valence-electron chi connectivity index (χ0n) is 25.2. The molecule has 248 valence electrons. The fourth-order valence-electron chi connectivity index (χ4n) is 5.32. The topological polar surface area (TPSA) is 198 Å². The van der Waals surface area contributed by atoms with Crippen molar-refractivity contribution in [2.45, 2.75) is 102 Å². The molecular weight excluding hydrogens is 604 g/mol. The van der Waals surface area contributed by atoms with Crippen LogP contribution >= 0.6 is 0 Å². The second-order valence-electron chi connectivity index (χ2n) is 10.5. The normalized spacial score (nSPS) is 34.4. The first-order chi connectivity index (χ1) is 21.4. The lowest BCUT2D eigenvalue weighted by atomic mass is 9.95. The lowest BCUT2D eigenvalue weighted by Gasteiger charge is -2.50. The molecule has 11 atom stereocenters. The molecule has 3 aliphatic rings. The fraction of sp³-hybridized carbons (Fsp3) is 0.621. The first-order valence-electron chi connectivity index (χ1n) is 14.1. The molecule has 3 aliphatic heterocycles. The Labute approximate surface area is 258 Å². The summed E-state index contributed by atoms with van der Waals surface area (Å²) in [6, 6.07) is 8.96. The van der Waals surface area contributed by atoms with Gasteiger partial charge in [0.05, 0.1) is 13.2 Å². The molecule has 0 bridgehead atoms. The van der Waals surface area contributed by atoms with E-state index < -0.39 is 104 Å². The Bertz CT molecular complexity index is 1220. The van der Waals surface area contributed by atoms with Gasteiger partial charge in [0.15, 0.2) is 30.9 Å². The zero-order chi connectivity index (χ0) is 32.8. The molecule has 16 heteroatoms. The van der Waals surface area contributed by atoms with E-state index in [4.69, 9.17) is 47.4 Å². The van der Waals surface area contributed by atoms with Crippen molar-refractivity contribution in [1.82, 2.24) is 0 Å². The zero-order valence-corrected chi connectivity index (χ0v) is 25.2. The second kappa shape index (κ2) is 15.1. The Morgan fingerprint density at radius 2 is 1.20 bits per heavy atom. The van der Waals surface area contributed by atoms with Gasteiger partial charge in [0.25, 0.3) is 0 Å². The van der Waals surface area contributed by atoms with E-state index in [1.807, 2.05) is 6.07 Å². The number of fused-ring (bicyclic) bond motifs is 1. The van der Waals surface area contributed by atoms with Gasteiger partial charge in [-0.2, -0.15) is 0 Å². The third-order valence-electron chi connectivity index (χ3n) is 6.91. The maximum Gasteiger partial charge on any atom is 0.305 e. The quantitative estimate of drug-likeness (QED) is 0.284. The summed E-state index contributed by atoms with van der Waals surface area (Å²) in [6.07, 6.45) is -14.6. The first kappa shape index (κ1) is 34.2. The molecule has 3 heterocycles. The number of carbonyl (C=O) groups is 5. The lowest BCUT2D eigenvalue weighted by Crippen LogP contribution is -2.67. The predicted molar refractivity (Wildman–Crippen MR) is 143 cm³/mol. The second-order valence-corrected chi connectivity index (χ2v) is 10.5. The summed E-state index contributed by atoms with van der Waals surface area (Å²) in [4.78, 5) is 60.6. The molecule has 0 saturated carbocycles. The molecule has 0 radical (unpaired) electrons. The highest BCUT2D eigenvalue weighted by atomic mass is 16.8. The van der Waals surface area contributed by atoms with E-state index in [0.29, 0.717) is 5.56 Å². The van der Waals surface area contributed by atoms with E-state index in [1.165, 1.54) is 0 Å². The van der Waals surface area contributed by atoms with Gasteiger partial charge in [-0.1, -0.05) is 30.3 Å². The van der Waals surface area contributed by atoms with E-state index in [9.17, 15) is 29.1 Å². The van der Waals surface area contributed by atoms with E-state index in [1.54, 1.807) is 24.3 Å². The molecule has 0 amide bonds. The van der Waals surface area contributed by atoms with Gasteiger partial charge < -0.3 is 52.5 Å². The largest absolute Gasteiger partial charge is 0.455 e. The van der Waals surface area contributed by atoms with Crippen molar-refractivity contribution < 1.29 is 76.4 Å². The Kier molecular flexibility index (Phi) is 11.5. The van der Waals surface area contributed by atoms with Gasteiger partial charge in [0, 0.05) is 40.2 Å². The van der Waals surface area contributed by atoms with Crippen LogP contribution in [0.2, 0.25) is 0 Å². The van der Waals surface area contributed by atoms with Crippen molar-refractivity contribution in [3.63, 3.8) is 0 Å². The molecular formula is C29H36O16. The monoisotopic (exact) mass is 640 g/mol. The number of aliphatic hydroxyl groups is 1. The lowest BCUT2D eigenvalue weighted by molar-refractivity contribution is -0.384. The Balaban J connectivity index is 1.70. The summed E-state index contributed by atoms with van der Waals surface area (Å²) < 4.78 is 57.2. The molecule has 45 heavy (non-hydrogen) atoms. The number of esters is 5. The molecule has 4 rings (SSSR count). The van der Waals surface area contributed by atoms with Crippen LogP contribution in [0.1, 0.15) is 46.5 Å². The summed E-state index contributed by atoms with van der Waals surface area (Å²) in [6.45, 7) is 4.67. The Morgan fingerprint density at radius 3 is 1.76 bits per heavy atom. The highest BCUT2D eigenvalue weighted by Crippen LogP contribution is 2.39. The van der Waals surface area contributed by atoms with Crippen LogP contribution in [0.25, 0.3) is 0 Å².